The first-order valence-corrected chi connectivity index (χ1v) is 8.04. The number of hydrogen-bond donors (Lipinski definition) is 0. The van der Waals surface area contributed by atoms with E-state index in [0.29, 0.717) is 24.4 Å². The van der Waals surface area contributed by atoms with Crippen LogP contribution < -0.4 is 0 Å². The maximum absolute atomic E-state index is 12.4. The molecule has 2 rings (SSSR count). The van der Waals surface area contributed by atoms with E-state index in [-0.39, 0.29) is 0 Å². The predicted molar refractivity (Wildman–Crippen MR) is 87.4 cm³/mol. The second kappa shape index (κ2) is 7.08. The predicted octanol–water partition coefficient (Wildman–Crippen LogP) is 2.87. The number of nitrogens with zero attached hydrogens (tertiary/aromatic N) is 2. The van der Waals surface area contributed by atoms with Gasteiger partial charge in [0.2, 0.25) is 5.91 Å². The van der Waals surface area contributed by atoms with Gasteiger partial charge in [0, 0.05) is 31.6 Å². The van der Waals surface area contributed by atoms with E-state index in [0.717, 1.165) is 25.9 Å². The van der Waals surface area contributed by atoms with Gasteiger partial charge in [-0.05, 0) is 46.2 Å². The fourth-order valence-corrected chi connectivity index (χ4v) is 3.00. The van der Waals surface area contributed by atoms with Gasteiger partial charge in [-0.1, -0.05) is 29.8 Å². The molecule has 0 aliphatic carbocycles. The van der Waals surface area contributed by atoms with Gasteiger partial charge in [0.25, 0.3) is 0 Å². The van der Waals surface area contributed by atoms with E-state index in [1.54, 1.807) is 0 Å². The second-order valence-electron chi connectivity index (χ2n) is 6.39. The van der Waals surface area contributed by atoms with E-state index in [9.17, 15) is 4.79 Å². The van der Waals surface area contributed by atoms with Crippen molar-refractivity contribution < 1.29 is 4.79 Å². The topological polar surface area (TPSA) is 23.6 Å². The smallest absolute Gasteiger partial charge is 0.222 e. The van der Waals surface area contributed by atoms with Crippen molar-refractivity contribution in [3.8, 4) is 0 Å². The number of hydrogen-bond acceptors (Lipinski definition) is 2. The van der Waals surface area contributed by atoms with E-state index in [2.05, 4.69) is 61.9 Å². The standard InChI is InChI=1S/C18H28N2O/c1-14-8-10-17(11-9-14)6-5-7-18(21)20-13-12-19(4)15(2)16(20)3/h8-11,15-16H,5-7,12-13H2,1-4H3/t15-,16-/m0/s1. The van der Waals surface area contributed by atoms with Crippen LogP contribution in [0, 0.1) is 6.92 Å². The molecule has 0 spiro atoms. The summed E-state index contributed by atoms with van der Waals surface area (Å²) in [7, 11) is 2.14. The normalized spacial score (nSPS) is 23.3. The summed E-state index contributed by atoms with van der Waals surface area (Å²) in [5, 5.41) is 0. The minimum atomic E-state index is 0.314. The number of rotatable bonds is 4. The van der Waals surface area contributed by atoms with E-state index < -0.39 is 0 Å². The average Bonchev–Trinajstić information content (AvgIpc) is 2.47. The van der Waals surface area contributed by atoms with Gasteiger partial charge < -0.3 is 4.90 Å². The van der Waals surface area contributed by atoms with Crippen LogP contribution in [0.5, 0.6) is 0 Å². The molecule has 1 saturated heterocycles. The Labute approximate surface area is 128 Å². The lowest BCUT2D eigenvalue weighted by molar-refractivity contribution is -0.137. The zero-order valence-corrected chi connectivity index (χ0v) is 13.8. The maximum atomic E-state index is 12.4. The molecule has 1 aliphatic heterocycles. The third-order valence-corrected chi connectivity index (χ3v) is 4.88. The van der Waals surface area contributed by atoms with Crippen LogP contribution in [-0.4, -0.2) is 47.9 Å². The molecule has 21 heavy (non-hydrogen) atoms. The fraction of sp³-hybridized carbons (Fsp3) is 0.611. The van der Waals surface area contributed by atoms with Gasteiger partial charge in [0.15, 0.2) is 0 Å². The lowest BCUT2D eigenvalue weighted by Gasteiger charge is -2.43. The van der Waals surface area contributed by atoms with E-state index >= 15 is 0 Å². The maximum Gasteiger partial charge on any atom is 0.222 e. The van der Waals surface area contributed by atoms with Crippen LogP contribution in [0.2, 0.25) is 0 Å². The zero-order chi connectivity index (χ0) is 15.4. The summed E-state index contributed by atoms with van der Waals surface area (Å²) in [6.07, 6.45) is 2.59. The van der Waals surface area contributed by atoms with E-state index in [1.165, 1.54) is 11.1 Å². The summed E-state index contributed by atoms with van der Waals surface area (Å²) in [5.74, 6) is 0.314. The van der Waals surface area contributed by atoms with Gasteiger partial charge >= 0.3 is 0 Å². The van der Waals surface area contributed by atoms with Crippen molar-refractivity contribution in [2.24, 2.45) is 0 Å². The van der Waals surface area contributed by atoms with Gasteiger partial charge in [-0.2, -0.15) is 0 Å². The number of amides is 1. The molecule has 0 bridgehead atoms. The van der Waals surface area contributed by atoms with Crippen molar-refractivity contribution >= 4 is 5.91 Å². The fourth-order valence-electron chi connectivity index (χ4n) is 3.00. The lowest BCUT2D eigenvalue weighted by Crippen LogP contribution is -2.57. The Kier molecular flexibility index (Phi) is 5.40. The number of likely N-dealkylation sites (N-methyl/N-ethyl adjacent to an activating group) is 1. The molecule has 0 saturated carbocycles. The summed E-state index contributed by atoms with van der Waals surface area (Å²) in [6.45, 7) is 8.32. The largest absolute Gasteiger partial charge is 0.337 e. The van der Waals surface area contributed by atoms with Crippen molar-refractivity contribution in [1.82, 2.24) is 9.80 Å². The van der Waals surface area contributed by atoms with E-state index in [4.69, 9.17) is 0 Å². The third-order valence-electron chi connectivity index (χ3n) is 4.88. The summed E-state index contributed by atoms with van der Waals surface area (Å²) in [6, 6.07) is 9.37. The van der Waals surface area contributed by atoms with E-state index in [1.807, 2.05) is 0 Å². The molecule has 3 heteroatoms. The Hall–Kier alpha value is -1.35. The van der Waals surface area contributed by atoms with Gasteiger partial charge in [0.1, 0.15) is 0 Å². The molecule has 1 amide bonds. The van der Waals surface area contributed by atoms with Gasteiger partial charge in [-0.25, -0.2) is 0 Å². The molecule has 0 aromatic heterocycles. The first-order valence-electron chi connectivity index (χ1n) is 8.04. The Bertz CT molecular complexity index is 469. The summed E-state index contributed by atoms with van der Waals surface area (Å²) >= 11 is 0. The van der Waals surface area contributed by atoms with Crippen molar-refractivity contribution in [2.75, 3.05) is 20.1 Å². The van der Waals surface area contributed by atoms with Gasteiger partial charge in [0.05, 0.1) is 0 Å². The van der Waals surface area contributed by atoms with Gasteiger partial charge in [-0.15, -0.1) is 0 Å². The molecule has 1 aromatic rings. The molecule has 0 radical (unpaired) electrons. The first-order chi connectivity index (χ1) is 9.99. The highest BCUT2D eigenvalue weighted by Crippen LogP contribution is 2.17. The van der Waals surface area contributed by atoms with Crippen molar-refractivity contribution in [3.05, 3.63) is 35.4 Å². The average molecular weight is 288 g/mol. The van der Waals surface area contributed by atoms with Crippen LogP contribution in [0.3, 0.4) is 0 Å². The molecule has 1 heterocycles. The third kappa shape index (κ3) is 4.07. The number of carbonyl (C=O) groups is 1. The van der Waals surface area contributed by atoms with Crippen LogP contribution in [0.15, 0.2) is 24.3 Å². The van der Waals surface area contributed by atoms with Crippen LogP contribution in [-0.2, 0) is 11.2 Å². The Balaban J connectivity index is 1.80. The number of carbonyl (C=O) groups excluding carboxylic acids is 1. The van der Waals surface area contributed by atoms with Crippen LogP contribution in [0.1, 0.15) is 37.8 Å². The lowest BCUT2D eigenvalue weighted by atomic mass is 10.0. The minimum Gasteiger partial charge on any atom is -0.337 e. The van der Waals surface area contributed by atoms with Crippen molar-refractivity contribution in [1.29, 1.82) is 0 Å². The van der Waals surface area contributed by atoms with Crippen LogP contribution in [0.25, 0.3) is 0 Å². The Morgan fingerprint density at radius 3 is 2.48 bits per heavy atom. The zero-order valence-electron chi connectivity index (χ0n) is 13.8. The van der Waals surface area contributed by atoms with Crippen LogP contribution in [0.4, 0.5) is 0 Å². The Morgan fingerprint density at radius 1 is 1.14 bits per heavy atom. The molecule has 1 fully saturated rings. The monoisotopic (exact) mass is 288 g/mol. The quantitative estimate of drug-likeness (QED) is 0.850. The first kappa shape index (κ1) is 16.0. The molecular formula is C18H28N2O. The van der Waals surface area contributed by atoms with Crippen molar-refractivity contribution in [3.63, 3.8) is 0 Å². The molecular weight excluding hydrogens is 260 g/mol. The molecule has 0 unspecified atom stereocenters. The highest BCUT2D eigenvalue weighted by atomic mass is 16.2. The number of piperazine rings is 1. The molecule has 0 N–H and O–H groups in total. The molecule has 2 atom stereocenters. The highest BCUT2D eigenvalue weighted by Gasteiger charge is 2.30. The summed E-state index contributed by atoms with van der Waals surface area (Å²) in [4.78, 5) is 16.8. The molecule has 1 aromatic carbocycles. The highest BCUT2D eigenvalue weighted by molar-refractivity contribution is 5.76. The Morgan fingerprint density at radius 2 is 1.81 bits per heavy atom. The SMILES string of the molecule is Cc1ccc(CCCC(=O)N2CCN(C)[C@@H](C)[C@@H]2C)cc1. The summed E-state index contributed by atoms with van der Waals surface area (Å²) in [5.41, 5.74) is 2.61. The van der Waals surface area contributed by atoms with Crippen LogP contribution >= 0.6 is 0 Å². The second-order valence-corrected chi connectivity index (χ2v) is 6.39. The van der Waals surface area contributed by atoms with Crippen molar-refractivity contribution in [2.45, 2.75) is 52.1 Å². The number of benzene rings is 1. The molecule has 1 aliphatic rings. The number of aryl methyl sites for hydroxylation is 2. The molecule has 116 valence electrons. The molecule has 3 nitrogen and oxygen atoms in total. The minimum absolute atomic E-state index is 0.314. The summed E-state index contributed by atoms with van der Waals surface area (Å²) < 4.78 is 0. The van der Waals surface area contributed by atoms with Gasteiger partial charge in [-0.3, -0.25) is 9.69 Å².